The van der Waals surface area contributed by atoms with E-state index in [0.29, 0.717) is 29.8 Å². The van der Waals surface area contributed by atoms with E-state index >= 15 is 8.78 Å². The number of alkyl halides is 2. The number of hydrogen-bond donors (Lipinski definition) is 3. The van der Waals surface area contributed by atoms with Gasteiger partial charge in [-0.3, -0.25) is 15.0 Å². The van der Waals surface area contributed by atoms with Crippen LogP contribution in [0.15, 0.2) is 47.5 Å². The highest BCUT2D eigenvalue weighted by Gasteiger charge is 2.49. The number of piperazine rings is 1. The van der Waals surface area contributed by atoms with Crippen molar-refractivity contribution in [3.8, 4) is 5.75 Å². The van der Waals surface area contributed by atoms with Gasteiger partial charge in [-0.15, -0.1) is 0 Å². The van der Waals surface area contributed by atoms with Crippen molar-refractivity contribution in [1.82, 2.24) is 25.1 Å². The first kappa shape index (κ1) is 31.2. The van der Waals surface area contributed by atoms with E-state index < -0.39 is 18.4 Å². The summed E-state index contributed by atoms with van der Waals surface area (Å²) < 4.78 is 35.6. The van der Waals surface area contributed by atoms with E-state index in [4.69, 9.17) is 10.5 Å². The average Bonchev–Trinajstić information content (AvgIpc) is 3.06. The normalized spacial score (nSPS) is 22.7. The summed E-state index contributed by atoms with van der Waals surface area (Å²) >= 11 is 0. The number of carbonyl (C=O) groups is 2. The number of anilines is 1. The maximum atomic E-state index is 15.0. The Balaban J connectivity index is 1.55. The Morgan fingerprint density at radius 2 is 1.90 bits per heavy atom. The molecule has 1 aromatic carbocycles. The lowest BCUT2D eigenvalue weighted by Gasteiger charge is -2.36. The molecule has 0 radical (unpaired) electrons. The Bertz CT molecular complexity index is 1220. The molecular weight excluding hydrogens is 546 g/mol. The van der Waals surface area contributed by atoms with Gasteiger partial charge < -0.3 is 30.5 Å². The number of hydrogen-bond acceptors (Lipinski definition) is 8. The van der Waals surface area contributed by atoms with Crippen LogP contribution >= 0.6 is 0 Å². The number of carbonyl (C=O) groups excluding carboxylic acids is 2. The standard InChI is InChI=1S/C29H42F2N8O3/c1-5-37-13-15-38(16-14-37)35-27(40)21-11-12-23(25(17-21)42-4)33-20(2)34-26-24(18-32)36(3)28(41)29(30,31)19-39(26)22-9-7-6-8-10-22/h11-12,17-18,22,33H,2,5-10,13-16,19,32H2,1,3-4H3,(H,35,40)/b24-18+,34-26?. The molecule has 13 heteroatoms. The van der Waals surface area contributed by atoms with Gasteiger partial charge in [0.1, 0.15) is 17.3 Å². The lowest BCUT2D eigenvalue weighted by atomic mass is 9.93. The van der Waals surface area contributed by atoms with Crippen LogP contribution in [0.1, 0.15) is 49.4 Å². The van der Waals surface area contributed by atoms with Crippen molar-refractivity contribution < 1.29 is 23.1 Å². The predicted octanol–water partition coefficient (Wildman–Crippen LogP) is 2.80. The molecule has 0 unspecified atom stereocenters. The molecule has 42 heavy (non-hydrogen) atoms. The summed E-state index contributed by atoms with van der Waals surface area (Å²) in [7, 11) is 2.75. The maximum absolute atomic E-state index is 15.0. The smallest absolute Gasteiger partial charge is 0.342 e. The highest BCUT2D eigenvalue weighted by molar-refractivity contribution is 6.05. The summed E-state index contributed by atoms with van der Waals surface area (Å²) in [6.07, 6.45) is 5.36. The molecule has 4 N–H and O–H groups in total. The summed E-state index contributed by atoms with van der Waals surface area (Å²) in [5.74, 6) is -4.56. The van der Waals surface area contributed by atoms with Crippen LogP contribution in [0.25, 0.3) is 0 Å². The van der Waals surface area contributed by atoms with Crippen LogP contribution in [0.4, 0.5) is 14.5 Å². The van der Waals surface area contributed by atoms with E-state index in [9.17, 15) is 9.59 Å². The lowest BCUT2D eigenvalue weighted by molar-refractivity contribution is -0.154. The molecule has 4 rings (SSSR count). The molecule has 2 aliphatic heterocycles. The van der Waals surface area contributed by atoms with Gasteiger partial charge in [-0.25, -0.2) is 10.0 Å². The molecule has 3 aliphatic rings. The Labute approximate surface area is 246 Å². The molecule has 1 saturated carbocycles. The third kappa shape index (κ3) is 7.01. The minimum atomic E-state index is -3.62. The highest BCUT2D eigenvalue weighted by atomic mass is 19.3. The number of rotatable bonds is 8. The Hall–Kier alpha value is -3.71. The van der Waals surface area contributed by atoms with Crippen molar-refractivity contribution in [1.29, 1.82) is 0 Å². The largest absolute Gasteiger partial charge is 0.495 e. The number of nitrogens with one attached hydrogen (secondary N) is 2. The molecule has 2 amide bonds. The van der Waals surface area contributed by atoms with Gasteiger partial charge in [0, 0.05) is 51.0 Å². The average molecular weight is 589 g/mol. The van der Waals surface area contributed by atoms with E-state index in [1.165, 1.54) is 19.1 Å². The number of hydrazine groups is 1. The summed E-state index contributed by atoms with van der Waals surface area (Å²) in [6.45, 7) is 9.53. The fourth-order valence-electron chi connectivity index (χ4n) is 5.64. The van der Waals surface area contributed by atoms with E-state index in [2.05, 4.69) is 34.1 Å². The topological polar surface area (TPSA) is 119 Å². The van der Waals surface area contributed by atoms with Gasteiger partial charge in [0.15, 0.2) is 5.84 Å². The minimum Gasteiger partial charge on any atom is -0.495 e. The molecule has 2 saturated heterocycles. The van der Waals surface area contributed by atoms with Crippen LogP contribution < -0.4 is 21.2 Å². The van der Waals surface area contributed by atoms with Gasteiger partial charge in [-0.2, -0.15) is 8.78 Å². The van der Waals surface area contributed by atoms with Crippen molar-refractivity contribution in [2.45, 2.75) is 51.0 Å². The zero-order valence-electron chi connectivity index (χ0n) is 24.7. The van der Waals surface area contributed by atoms with Crippen LogP contribution in [0.3, 0.4) is 0 Å². The molecule has 0 spiro atoms. The Morgan fingerprint density at radius 1 is 1.21 bits per heavy atom. The predicted molar refractivity (Wildman–Crippen MR) is 158 cm³/mol. The lowest BCUT2D eigenvalue weighted by Crippen LogP contribution is -2.53. The van der Waals surface area contributed by atoms with E-state index in [0.717, 1.165) is 63.1 Å². The monoisotopic (exact) mass is 588 g/mol. The summed E-state index contributed by atoms with van der Waals surface area (Å²) in [5.41, 5.74) is 9.79. The van der Waals surface area contributed by atoms with Gasteiger partial charge in [-0.1, -0.05) is 32.8 Å². The van der Waals surface area contributed by atoms with Crippen molar-refractivity contribution in [3.05, 3.63) is 48.1 Å². The number of amidine groups is 1. The number of amides is 2. The molecule has 3 fully saturated rings. The van der Waals surface area contributed by atoms with Gasteiger partial charge in [0.25, 0.3) is 11.8 Å². The van der Waals surface area contributed by atoms with Crippen molar-refractivity contribution in [2.24, 2.45) is 10.7 Å². The number of aliphatic imine (C=N–C) groups is 1. The summed E-state index contributed by atoms with van der Waals surface area (Å²) in [4.78, 5) is 34.8. The van der Waals surface area contributed by atoms with Crippen LogP contribution in [0.5, 0.6) is 5.75 Å². The molecule has 0 atom stereocenters. The van der Waals surface area contributed by atoms with Crippen molar-refractivity contribution in [3.63, 3.8) is 0 Å². The summed E-state index contributed by atoms with van der Waals surface area (Å²) in [6, 6.07) is 4.71. The molecule has 230 valence electrons. The van der Waals surface area contributed by atoms with E-state index in [1.807, 2.05) is 5.01 Å². The second-order valence-corrected chi connectivity index (χ2v) is 10.8. The molecule has 0 bridgehead atoms. The molecule has 0 aromatic heterocycles. The molecular formula is C29H42F2N8O3. The number of ether oxygens (including phenoxy) is 1. The summed E-state index contributed by atoms with van der Waals surface area (Å²) in [5, 5.41) is 4.97. The van der Waals surface area contributed by atoms with Gasteiger partial charge in [0.2, 0.25) is 0 Å². The van der Waals surface area contributed by atoms with Crippen LogP contribution in [-0.2, 0) is 4.79 Å². The maximum Gasteiger partial charge on any atom is 0.342 e. The number of benzene rings is 1. The van der Waals surface area contributed by atoms with Gasteiger partial charge >= 0.3 is 5.92 Å². The van der Waals surface area contributed by atoms with Crippen LogP contribution in [0.2, 0.25) is 0 Å². The SMILES string of the molecule is C=C(N=C1/C(=C\N)N(C)C(=O)C(F)(F)CN1C1CCCCC1)Nc1ccc(C(=O)NN2CCN(CC)CC2)cc1OC. The first-order chi connectivity index (χ1) is 20.1. The second kappa shape index (κ2) is 13.5. The quantitative estimate of drug-likeness (QED) is 0.425. The van der Waals surface area contributed by atoms with E-state index in [-0.39, 0.29) is 29.3 Å². The zero-order valence-corrected chi connectivity index (χ0v) is 24.7. The van der Waals surface area contributed by atoms with Gasteiger partial charge in [-0.05, 0) is 37.6 Å². The first-order valence-corrected chi connectivity index (χ1v) is 14.4. The number of likely N-dealkylation sites (N-methyl/N-ethyl adjacent to an activating group) is 2. The number of nitrogens with two attached hydrogens (primary N) is 1. The Morgan fingerprint density at radius 3 is 2.52 bits per heavy atom. The Kier molecular flexibility index (Phi) is 10.0. The van der Waals surface area contributed by atoms with Crippen molar-refractivity contribution >= 4 is 23.3 Å². The van der Waals surface area contributed by atoms with Crippen LogP contribution in [0, 0.1) is 0 Å². The van der Waals surface area contributed by atoms with Crippen LogP contribution in [-0.4, -0.2) is 103 Å². The molecule has 1 aliphatic carbocycles. The molecule has 2 heterocycles. The van der Waals surface area contributed by atoms with Gasteiger partial charge in [0.05, 0.1) is 19.3 Å². The second-order valence-electron chi connectivity index (χ2n) is 10.8. The highest BCUT2D eigenvalue weighted by Crippen LogP contribution is 2.33. The van der Waals surface area contributed by atoms with E-state index in [1.54, 1.807) is 18.2 Å². The number of methoxy groups -OCH3 is 1. The fourth-order valence-corrected chi connectivity index (χ4v) is 5.64. The first-order valence-electron chi connectivity index (χ1n) is 14.4. The van der Waals surface area contributed by atoms with Crippen molar-refractivity contribution in [2.75, 3.05) is 58.7 Å². The molecule has 11 nitrogen and oxygen atoms in total. The fraction of sp³-hybridized carbons (Fsp3) is 0.552. The number of halogens is 2. The third-order valence-corrected chi connectivity index (χ3v) is 8.08. The minimum absolute atomic E-state index is 0.0736. The molecule has 1 aromatic rings. The number of nitrogens with zero attached hydrogens (tertiary/aromatic N) is 5. The zero-order chi connectivity index (χ0) is 30.4. The third-order valence-electron chi connectivity index (χ3n) is 8.08.